The van der Waals surface area contributed by atoms with E-state index in [0.29, 0.717) is 23.7 Å². The van der Waals surface area contributed by atoms with Crippen LogP contribution in [-0.4, -0.2) is 72.3 Å². The van der Waals surface area contributed by atoms with Crippen LogP contribution in [0.3, 0.4) is 0 Å². The number of piperidine rings is 1. The Morgan fingerprint density at radius 1 is 1.31 bits per heavy atom. The molecule has 1 aromatic carbocycles. The molecule has 0 unspecified atom stereocenters. The number of methoxy groups -OCH3 is 1. The fourth-order valence-corrected chi connectivity index (χ4v) is 6.33. The first-order valence-electron chi connectivity index (χ1n) is 12.0. The van der Waals surface area contributed by atoms with Gasteiger partial charge < -0.3 is 33.7 Å². The highest BCUT2D eigenvalue weighted by Gasteiger charge is 2.69. The van der Waals surface area contributed by atoms with Crippen LogP contribution in [0.25, 0.3) is 0 Å². The molecule has 190 valence electrons. The maximum atomic E-state index is 12.9. The molecular weight excluding hydrogens is 454 g/mol. The molecule has 9 heteroatoms. The fourth-order valence-electron chi connectivity index (χ4n) is 6.33. The number of fused-ring (bicyclic) bond motifs is 1. The standard InChI is InChI=1S/C26H33NO8/c1-14-7-8-16(31-6)21-20(14)25-11-12-27(5)15(2)26(25,30)10-9-17(22(25)33-21)32-19(28)13-18-23(29)35-24(3,4)34-18/h7-9,15,18,22,30H,10-13H2,1-6H3/t15-,18-,22+,25+,26-/m1/s1. The molecular formula is C26H33NO8. The molecule has 3 aliphatic heterocycles. The zero-order valence-electron chi connectivity index (χ0n) is 21.0. The van der Waals surface area contributed by atoms with Gasteiger partial charge in [-0.2, -0.15) is 0 Å². The Bertz CT molecular complexity index is 1110. The molecule has 35 heavy (non-hydrogen) atoms. The van der Waals surface area contributed by atoms with Crippen molar-refractivity contribution in [3.63, 3.8) is 0 Å². The third kappa shape index (κ3) is 3.39. The monoisotopic (exact) mass is 487 g/mol. The number of aliphatic hydroxyl groups is 1. The number of nitrogens with zero attached hydrogens (tertiary/aromatic N) is 1. The summed E-state index contributed by atoms with van der Waals surface area (Å²) < 4.78 is 28.6. The van der Waals surface area contributed by atoms with E-state index in [-0.39, 0.29) is 18.9 Å². The van der Waals surface area contributed by atoms with E-state index in [2.05, 4.69) is 4.90 Å². The number of likely N-dealkylation sites (tertiary alicyclic amines) is 1. The second kappa shape index (κ2) is 7.94. The van der Waals surface area contributed by atoms with Crippen molar-refractivity contribution in [1.82, 2.24) is 4.90 Å². The van der Waals surface area contributed by atoms with Crippen LogP contribution in [0.1, 0.15) is 51.2 Å². The number of cyclic esters (lactones) is 1. The van der Waals surface area contributed by atoms with Crippen molar-refractivity contribution < 1.29 is 38.4 Å². The lowest BCUT2D eigenvalue weighted by Gasteiger charge is -2.58. The van der Waals surface area contributed by atoms with Gasteiger partial charge in [0, 0.05) is 31.9 Å². The second-order valence-electron chi connectivity index (χ2n) is 10.5. The van der Waals surface area contributed by atoms with Crippen LogP contribution in [0.4, 0.5) is 0 Å². The topological polar surface area (TPSA) is 104 Å². The highest BCUT2D eigenvalue weighted by atomic mass is 16.8. The van der Waals surface area contributed by atoms with Gasteiger partial charge in [0.1, 0.15) is 5.76 Å². The number of ether oxygens (including phenoxy) is 5. The lowest BCUT2D eigenvalue weighted by Crippen LogP contribution is -2.71. The Labute approximate surface area is 204 Å². The van der Waals surface area contributed by atoms with Gasteiger partial charge in [-0.1, -0.05) is 6.07 Å². The molecule has 1 aromatic rings. The summed E-state index contributed by atoms with van der Waals surface area (Å²) in [4.78, 5) is 27.2. The van der Waals surface area contributed by atoms with Gasteiger partial charge in [0.25, 0.3) is 0 Å². The number of carbonyl (C=O) groups excluding carboxylic acids is 2. The maximum Gasteiger partial charge on any atom is 0.338 e. The first-order chi connectivity index (χ1) is 16.4. The zero-order valence-corrected chi connectivity index (χ0v) is 21.0. The Morgan fingerprint density at radius 2 is 2.06 bits per heavy atom. The molecule has 3 heterocycles. The average Bonchev–Trinajstić information content (AvgIpc) is 3.28. The molecule has 2 saturated heterocycles. The normalized spacial score (nSPS) is 35.2. The van der Waals surface area contributed by atoms with Crippen molar-refractivity contribution in [2.45, 2.75) is 82.0 Å². The summed E-state index contributed by atoms with van der Waals surface area (Å²) in [6.45, 7) is 7.98. The highest BCUT2D eigenvalue weighted by molar-refractivity contribution is 5.83. The molecule has 1 aliphatic carbocycles. The minimum absolute atomic E-state index is 0.170. The van der Waals surface area contributed by atoms with Gasteiger partial charge in [0.05, 0.1) is 24.5 Å². The molecule has 9 nitrogen and oxygen atoms in total. The zero-order chi connectivity index (χ0) is 25.3. The molecule has 4 aliphatic rings. The van der Waals surface area contributed by atoms with Crippen LogP contribution >= 0.6 is 0 Å². The Balaban J connectivity index is 1.52. The molecule has 0 radical (unpaired) electrons. The first-order valence-corrected chi connectivity index (χ1v) is 12.0. The molecule has 0 saturated carbocycles. The summed E-state index contributed by atoms with van der Waals surface area (Å²) in [5.41, 5.74) is -0.112. The van der Waals surface area contributed by atoms with Crippen LogP contribution in [0.2, 0.25) is 0 Å². The minimum Gasteiger partial charge on any atom is -0.493 e. The van der Waals surface area contributed by atoms with Gasteiger partial charge in [-0.05, 0) is 51.6 Å². The van der Waals surface area contributed by atoms with Crippen LogP contribution in [0.5, 0.6) is 11.5 Å². The van der Waals surface area contributed by atoms with E-state index >= 15 is 0 Å². The number of aryl methyl sites for hydroxylation is 1. The predicted octanol–water partition coefficient (Wildman–Crippen LogP) is 2.36. The average molecular weight is 488 g/mol. The second-order valence-corrected chi connectivity index (χ2v) is 10.5. The summed E-state index contributed by atoms with van der Waals surface area (Å²) in [5.74, 6) is -0.828. The largest absolute Gasteiger partial charge is 0.493 e. The summed E-state index contributed by atoms with van der Waals surface area (Å²) in [6.07, 6.45) is 0.600. The van der Waals surface area contributed by atoms with E-state index in [1.807, 2.05) is 33.0 Å². The van der Waals surface area contributed by atoms with Gasteiger partial charge in [-0.3, -0.25) is 4.79 Å². The Morgan fingerprint density at radius 3 is 2.71 bits per heavy atom. The number of hydrogen-bond donors (Lipinski definition) is 1. The highest BCUT2D eigenvalue weighted by Crippen LogP contribution is 2.62. The first kappa shape index (κ1) is 24.1. The van der Waals surface area contributed by atoms with Crippen molar-refractivity contribution >= 4 is 11.9 Å². The van der Waals surface area contributed by atoms with Crippen molar-refractivity contribution in [1.29, 1.82) is 0 Å². The van der Waals surface area contributed by atoms with Crippen LogP contribution in [0, 0.1) is 6.92 Å². The van der Waals surface area contributed by atoms with Crippen molar-refractivity contribution in [2.75, 3.05) is 20.7 Å². The number of benzene rings is 1. The summed E-state index contributed by atoms with van der Waals surface area (Å²) in [5, 5.41) is 12.3. The SMILES string of the molecule is COc1ccc(C)c2c1O[C@H]1C(OC(=O)C[C@H]3OC(C)(C)OC3=O)=CC[C@@]3(O)[C@@H](C)N(C)CC[C@]213. The molecule has 0 aromatic heterocycles. The van der Waals surface area contributed by atoms with E-state index in [1.54, 1.807) is 27.0 Å². The van der Waals surface area contributed by atoms with E-state index in [1.165, 1.54) is 0 Å². The lowest BCUT2D eigenvalue weighted by molar-refractivity contribution is -0.165. The summed E-state index contributed by atoms with van der Waals surface area (Å²) in [6, 6.07) is 3.65. The third-order valence-electron chi connectivity index (χ3n) is 8.15. The van der Waals surface area contributed by atoms with E-state index in [0.717, 1.165) is 17.7 Å². The van der Waals surface area contributed by atoms with Crippen LogP contribution < -0.4 is 9.47 Å². The maximum absolute atomic E-state index is 12.9. The van der Waals surface area contributed by atoms with Crippen LogP contribution in [0.15, 0.2) is 24.0 Å². The van der Waals surface area contributed by atoms with E-state index in [4.69, 9.17) is 23.7 Å². The van der Waals surface area contributed by atoms with E-state index < -0.39 is 40.9 Å². The molecule has 5 atom stereocenters. The number of rotatable bonds is 4. The van der Waals surface area contributed by atoms with Gasteiger partial charge in [0.2, 0.25) is 5.79 Å². The number of esters is 2. The van der Waals surface area contributed by atoms with Gasteiger partial charge in [-0.15, -0.1) is 0 Å². The Kier molecular flexibility index (Phi) is 5.47. The molecule has 0 amide bonds. The smallest absolute Gasteiger partial charge is 0.338 e. The molecule has 5 rings (SSSR count). The number of likely N-dealkylation sites (N-methyl/N-ethyl adjacent to an activating group) is 1. The van der Waals surface area contributed by atoms with Gasteiger partial charge >= 0.3 is 11.9 Å². The fraction of sp³-hybridized carbons (Fsp3) is 0.615. The quantitative estimate of drug-likeness (QED) is 0.641. The van der Waals surface area contributed by atoms with Crippen molar-refractivity contribution in [2.24, 2.45) is 0 Å². The number of carbonyl (C=O) groups is 2. The third-order valence-corrected chi connectivity index (χ3v) is 8.15. The minimum atomic E-state index is -1.16. The molecule has 0 bridgehead atoms. The van der Waals surface area contributed by atoms with Crippen LogP contribution in [-0.2, 0) is 29.2 Å². The molecule has 1 N–H and O–H groups in total. The van der Waals surface area contributed by atoms with Crippen molar-refractivity contribution in [3.05, 3.63) is 35.1 Å². The lowest BCUT2D eigenvalue weighted by atomic mass is 9.54. The summed E-state index contributed by atoms with van der Waals surface area (Å²) in [7, 11) is 3.58. The van der Waals surface area contributed by atoms with E-state index in [9.17, 15) is 14.7 Å². The van der Waals surface area contributed by atoms with Crippen molar-refractivity contribution in [3.8, 4) is 11.5 Å². The Hall–Kier alpha value is -2.62. The number of hydrogen-bond acceptors (Lipinski definition) is 9. The molecule has 2 fully saturated rings. The molecule has 1 spiro atoms. The van der Waals surface area contributed by atoms with Gasteiger partial charge in [-0.25, -0.2) is 4.79 Å². The predicted molar refractivity (Wildman–Crippen MR) is 124 cm³/mol. The summed E-state index contributed by atoms with van der Waals surface area (Å²) >= 11 is 0. The van der Waals surface area contributed by atoms with Gasteiger partial charge in [0.15, 0.2) is 23.7 Å².